The molecule has 0 aliphatic carbocycles. The van der Waals surface area contributed by atoms with Gasteiger partial charge in [0.15, 0.2) is 0 Å². The highest BCUT2D eigenvalue weighted by Gasteiger charge is 2.05. The van der Waals surface area contributed by atoms with E-state index < -0.39 is 10.8 Å². The van der Waals surface area contributed by atoms with Crippen LogP contribution in [0.15, 0.2) is 18.3 Å². The molecule has 1 atom stereocenters. The lowest BCUT2D eigenvalue weighted by molar-refractivity contribution is 0.664. The first-order valence-corrected chi connectivity index (χ1v) is 6.59. The molecule has 1 aromatic rings. The molecule has 15 heavy (non-hydrogen) atoms. The van der Waals surface area contributed by atoms with Gasteiger partial charge in [0.25, 0.3) is 0 Å². The van der Waals surface area contributed by atoms with Crippen LogP contribution < -0.4 is 5.73 Å². The van der Waals surface area contributed by atoms with Crippen LogP contribution in [0.5, 0.6) is 0 Å². The molecule has 0 saturated heterocycles. The molecule has 1 rings (SSSR count). The average molecular weight is 226 g/mol. The van der Waals surface area contributed by atoms with Gasteiger partial charge in [0.2, 0.25) is 0 Å². The standard InChI is InChI=1S/C11H18N2OS/c1-9(2)7-15(14)8-10-3-4-13-11(5-10)6-12/h3-5,9H,6-8,12H2,1-2H3. The molecule has 0 saturated carbocycles. The summed E-state index contributed by atoms with van der Waals surface area (Å²) in [6.45, 7) is 4.59. The second-order valence-corrected chi connectivity index (χ2v) is 5.51. The summed E-state index contributed by atoms with van der Waals surface area (Å²) in [6, 6.07) is 3.83. The lowest BCUT2D eigenvalue weighted by Gasteiger charge is -2.05. The highest BCUT2D eigenvalue weighted by Crippen LogP contribution is 2.07. The predicted molar refractivity (Wildman–Crippen MR) is 63.7 cm³/mol. The monoisotopic (exact) mass is 226 g/mol. The van der Waals surface area contributed by atoms with Crippen LogP contribution in [-0.2, 0) is 23.1 Å². The van der Waals surface area contributed by atoms with Crippen molar-refractivity contribution in [2.45, 2.75) is 26.1 Å². The first-order valence-electron chi connectivity index (χ1n) is 5.10. The average Bonchev–Trinajstić information content (AvgIpc) is 2.16. The first kappa shape index (κ1) is 12.3. The van der Waals surface area contributed by atoms with Gasteiger partial charge in [0.1, 0.15) is 0 Å². The summed E-state index contributed by atoms with van der Waals surface area (Å²) in [6.07, 6.45) is 1.73. The van der Waals surface area contributed by atoms with Gasteiger partial charge >= 0.3 is 0 Å². The van der Waals surface area contributed by atoms with E-state index in [9.17, 15) is 4.21 Å². The van der Waals surface area contributed by atoms with Crippen LogP contribution in [0.25, 0.3) is 0 Å². The Labute approximate surface area is 93.6 Å². The zero-order valence-electron chi connectivity index (χ0n) is 9.27. The normalized spacial score (nSPS) is 13.1. The molecule has 84 valence electrons. The number of nitrogens with zero attached hydrogens (tertiary/aromatic N) is 1. The fourth-order valence-electron chi connectivity index (χ4n) is 1.35. The van der Waals surface area contributed by atoms with Crippen LogP contribution in [0.1, 0.15) is 25.1 Å². The molecule has 0 bridgehead atoms. The summed E-state index contributed by atoms with van der Waals surface area (Å²) in [7, 11) is -0.780. The van der Waals surface area contributed by atoms with Crippen LogP contribution >= 0.6 is 0 Å². The van der Waals surface area contributed by atoms with Gasteiger partial charge in [-0.25, -0.2) is 0 Å². The van der Waals surface area contributed by atoms with Crippen LogP contribution in [0.2, 0.25) is 0 Å². The van der Waals surface area contributed by atoms with Crippen molar-refractivity contribution in [3.63, 3.8) is 0 Å². The van der Waals surface area contributed by atoms with E-state index in [1.807, 2.05) is 12.1 Å². The smallest absolute Gasteiger partial charge is 0.0542 e. The molecule has 1 unspecified atom stereocenters. The van der Waals surface area contributed by atoms with E-state index >= 15 is 0 Å². The lowest BCUT2D eigenvalue weighted by atomic mass is 10.2. The van der Waals surface area contributed by atoms with E-state index in [0.717, 1.165) is 17.0 Å². The highest BCUT2D eigenvalue weighted by molar-refractivity contribution is 7.84. The first-order chi connectivity index (χ1) is 7.11. The Morgan fingerprint density at radius 2 is 2.27 bits per heavy atom. The van der Waals surface area contributed by atoms with Crippen molar-refractivity contribution in [1.29, 1.82) is 0 Å². The van der Waals surface area contributed by atoms with Crippen molar-refractivity contribution in [1.82, 2.24) is 4.98 Å². The molecule has 1 heterocycles. The molecule has 0 aliphatic heterocycles. The van der Waals surface area contributed by atoms with Gasteiger partial charge in [-0.2, -0.15) is 0 Å². The topological polar surface area (TPSA) is 56.0 Å². The predicted octanol–water partition coefficient (Wildman–Crippen LogP) is 1.45. The van der Waals surface area contributed by atoms with Crippen molar-refractivity contribution < 1.29 is 4.21 Å². The van der Waals surface area contributed by atoms with Gasteiger partial charge in [-0.15, -0.1) is 0 Å². The number of pyridine rings is 1. The van der Waals surface area contributed by atoms with Gasteiger partial charge in [-0.3, -0.25) is 9.19 Å². The Kier molecular flexibility index (Phi) is 4.91. The highest BCUT2D eigenvalue weighted by atomic mass is 32.2. The quantitative estimate of drug-likeness (QED) is 0.826. The summed E-state index contributed by atoms with van der Waals surface area (Å²) in [5.74, 6) is 1.83. The minimum absolute atomic E-state index is 0.435. The molecular formula is C11H18N2OS. The molecule has 0 aromatic carbocycles. The van der Waals surface area contributed by atoms with Crippen molar-refractivity contribution >= 4 is 10.8 Å². The van der Waals surface area contributed by atoms with E-state index in [1.54, 1.807) is 6.20 Å². The van der Waals surface area contributed by atoms with Crippen LogP contribution in [0.4, 0.5) is 0 Å². The molecular weight excluding hydrogens is 208 g/mol. The molecule has 0 spiro atoms. The SMILES string of the molecule is CC(C)CS(=O)Cc1ccnc(CN)c1. The lowest BCUT2D eigenvalue weighted by Crippen LogP contribution is -2.07. The van der Waals surface area contributed by atoms with Gasteiger partial charge < -0.3 is 5.73 Å². The minimum Gasteiger partial charge on any atom is -0.325 e. The molecule has 0 fully saturated rings. The van der Waals surface area contributed by atoms with Crippen LogP contribution in [0.3, 0.4) is 0 Å². The minimum atomic E-state index is -0.780. The van der Waals surface area contributed by atoms with E-state index in [-0.39, 0.29) is 0 Å². The molecule has 3 nitrogen and oxygen atoms in total. The molecule has 2 N–H and O–H groups in total. The van der Waals surface area contributed by atoms with E-state index in [0.29, 0.717) is 18.2 Å². The number of hydrogen-bond donors (Lipinski definition) is 1. The maximum Gasteiger partial charge on any atom is 0.0542 e. The van der Waals surface area contributed by atoms with Crippen LogP contribution in [-0.4, -0.2) is 14.9 Å². The third-order valence-corrected chi connectivity index (χ3v) is 3.63. The summed E-state index contributed by atoms with van der Waals surface area (Å²) in [4.78, 5) is 4.10. The van der Waals surface area contributed by atoms with Gasteiger partial charge in [-0.1, -0.05) is 13.8 Å². The Morgan fingerprint density at radius 1 is 1.53 bits per heavy atom. The molecule has 0 amide bonds. The third kappa shape index (κ3) is 4.53. The molecule has 0 radical (unpaired) electrons. The zero-order chi connectivity index (χ0) is 11.3. The maximum absolute atomic E-state index is 11.7. The second-order valence-electron chi connectivity index (χ2n) is 4.00. The van der Waals surface area contributed by atoms with E-state index in [4.69, 9.17) is 5.73 Å². The summed E-state index contributed by atoms with van der Waals surface area (Å²) in [5, 5.41) is 0. The van der Waals surface area contributed by atoms with E-state index in [2.05, 4.69) is 18.8 Å². The number of rotatable bonds is 5. The summed E-state index contributed by atoms with van der Waals surface area (Å²) < 4.78 is 11.7. The number of aromatic nitrogens is 1. The Bertz CT molecular complexity index is 339. The van der Waals surface area contributed by atoms with Gasteiger partial charge in [-0.05, 0) is 23.6 Å². The fourth-order valence-corrected chi connectivity index (χ4v) is 2.76. The fraction of sp³-hybridized carbons (Fsp3) is 0.545. The van der Waals surface area contributed by atoms with Gasteiger partial charge in [0, 0.05) is 35.0 Å². The summed E-state index contributed by atoms with van der Waals surface area (Å²) in [5.41, 5.74) is 7.41. The zero-order valence-corrected chi connectivity index (χ0v) is 10.1. The Hall–Kier alpha value is -0.740. The Morgan fingerprint density at radius 3 is 2.87 bits per heavy atom. The second kappa shape index (κ2) is 5.98. The van der Waals surface area contributed by atoms with Crippen molar-refractivity contribution in [2.75, 3.05) is 5.75 Å². The maximum atomic E-state index is 11.7. The number of nitrogens with two attached hydrogens (primary N) is 1. The van der Waals surface area contributed by atoms with Crippen LogP contribution in [0, 0.1) is 5.92 Å². The van der Waals surface area contributed by atoms with E-state index in [1.165, 1.54) is 0 Å². The van der Waals surface area contributed by atoms with Crippen molar-refractivity contribution in [3.05, 3.63) is 29.6 Å². The Balaban J connectivity index is 2.60. The van der Waals surface area contributed by atoms with Crippen molar-refractivity contribution in [3.8, 4) is 0 Å². The van der Waals surface area contributed by atoms with Gasteiger partial charge in [0.05, 0.1) is 5.69 Å². The van der Waals surface area contributed by atoms with Crippen molar-refractivity contribution in [2.24, 2.45) is 11.7 Å². The largest absolute Gasteiger partial charge is 0.325 e. The third-order valence-electron chi connectivity index (χ3n) is 1.94. The molecule has 1 aromatic heterocycles. The molecule has 4 heteroatoms. The number of hydrogen-bond acceptors (Lipinski definition) is 3. The molecule has 0 aliphatic rings. The summed E-state index contributed by atoms with van der Waals surface area (Å²) >= 11 is 0.